The molecule has 0 atom stereocenters. The zero-order valence-corrected chi connectivity index (χ0v) is 14.8. The highest BCUT2D eigenvalue weighted by molar-refractivity contribution is 5.55. The number of fused-ring (bicyclic) bond motifs is 1. The second-order valence-electron chi connectivity index (χ2n) is 7.50. The van der Waals surface area contributed by atoms with Crippen LogP contribution in [0.2, 0.25) is 0 Å². The molecule has 0 aromatic heterocycles. The summed E-state index contributed by atoms with van der Waals surface area (Å²) >= 11 is 0. The normalized spacial score (nSPS) is 18.3. The van der Waals surface area contributed by atoms with E-state index in [9.17, 15) is 5.11 Å². The first-order valence-corrected chi connectivity index (χ1v) is 8.06. The van der Waals surface area contributed by atoms with Crippen LogP contribution < -0.4 is 4.74 Å². The number of ether oxygens (including phenoxy) is 2. The highest BCUT2D eigenvalue weighted by atomic mass is 16.5. The van der Waals surface area contributed by atoms with Crippen LogP contribution in [0.3, 0.4) is 0 Å². The summed E-state index contributed by atoms with van der Waals surface area (Å²) in [4.78, 5) is 0. The minimum absolute atomic E-state index is 0.0229. The molecule has 1 aliphatic carbocycles. The molecule has 1 aliphatic rings. The van der Waals surface area contributed by atoms with E-state index in [1.165, 1.54) is 11.1 Å². The van der Waals surface area contributed by atoms with Crippen molar-refractivity contribution in [1.82, 2.24) is 0 Å². The van der Waals surface area contributed by atoms with Crippen molar-refractivity contribution in [2.24, 2.45) is 0 Å². The highest BCUT2D eigenvalue weighted by Crippen LogP contribution is 2.50. The first-order valence-electron chi connectivity index (χ1n) is 8.06. The van der Waals surface area contributed by atoms with Gasteiger partial charge in [-0.15, -0.1) is 6.42 Å². The van der Waals surface area contributed by atoms with Crippen molar-refractivity contribution < 1.29 is 14.6 Å². The fourth-order valence-corrected chi connectivity index (χ4v) is 3.30. The number of hydrogen-bond acceptors (Lipinski definition) is 3. The van der Waals surface area contributed by atoms with E-state index in [2.05, 4.69) is 33.6 Å². The number of methoxy groups -OCH3 is 1. The summed E-state index contributed by atoms with van der Waals surface area (Å²) in [6, 6.07) is 3.88. The van der Waals surface area contributed by atoms with E-state index in [-0.39, 0.29) is 16.9 Å². The molecule has 0 heterocycles. The Balaban J connectivity index is 2.61. The molecule has 0 unspecified atom stereocenters. The molecule has 125 valence electrons. The Kier molecular flexibility index (Phi) is 5.08. The average molecular weight is 315 g/mol. The van der Waals surface area contributed by atoms with Gasteiger partial charge in [0.1, 0.15) is 12.4 Å². The molecule has 0 saturated heterocycles. The second kappa shape index (κ2) is 6.55. The lowest BCUT2D eigenvalue weighted by Gasteiger charge is -2.43. The zero-order chi connectivity index (χ0) is 17.3. The molecule has 0 amide bonds. The molecular weight excluding hydrogens is 288 g/mol. The summed E-state index contributed by atoms with van der Waals surface area (Å²) in [5, 5.41) is 10.0. The molecule has 1 radical (unpaired) electrons. The number of rotatable bonds is 5. The molecule has 0 bridgehead atoms. The minimum Gasteiger partial charge on any atom is -0.491 e. The van der Waals surface area contributed by atoms with Crippen LogP contribution in [0.1, 0.15) is 57.2 Å². The average Bonchev–Trinajstić information content (AvgIpc) is 2.50. The Morgan fingerprint density at radius 1 is 1.17 bits per heavy atom. The zero-order valence-electron chi connectivity index (χ0n) is 14.8. The van der Waals surface area contributed by atoms with Crippen LogP contribution in [0.15, 0.2) is 12.1 Å². The van der Waals surface area contributed by atoms with Crippen molar-refractivity contribution in [2.45, 2.75) is 51.4 Å². The number of benzene rings is 1. The fourth-order valence-electron chi connectivity index (χ4n) is 3.30. The first kappa shape index (κ1) is 17.8. The first-order chi connectivity index (χ1) is 10.7. The molecule has 1 aromatic carbocycles. The standard InChI is InChI=1S/C20H27O3/c1-7-16(21)14-12-15-18(17(13-14)23-11-10-22-6)20(4,5)9-8-19(15,2)3/h1,12-13,21H,8-11H2,2-6H3. The third-order valence-corrected chi connectivity index (χ3v) is 4.84. The van der Waals surface area contributed by atoms with Crippen LogP contribution in [0.4, 0.5) is 0 Å². The summed E-state index contributed by atoms with van der Waals surface area (Å²) in [5.41, 5.74) is 3.12. The number of aliphatic hydroxyl groups excluding tert-OH is 1. The Morgan fingerprint density at radius 3 is 2.43 bits per heavy atom. The van der Waals surface area contributed by atoms with Crippen molar-refractivity contribution in [2.75, 3.05) is 20.3 Å². The van der Waals surface area contributed by atoms with Gasteiger partial charge in [0.25, 0.3) is 0 Å². The molecule has 3 nitrogen and oxygen atoms in total. The molecule has 0 fully saturated rings. The Labute approximate surface area is 140 Å². The predicted octanol–water partition coefficient (Wildman–Crippen LogP) is 3.95. The van der Waals surface area contributed by atoms with Crippen molar-refractivity contribution >= 4 is 0 Å². The summed E-state index contributed by atoms with van der Waals surface area (Å²) in [5.74, 6) is 3.12. The van der Waals surface area contributed by atoms with Gasteiger partial charge < -0.3 is 14.6 Å². The van der Waals surface area contributed by atoms with Gasteiger partial charge in [0, 0.05) is 18.2 Å². The van der Waals surface area contributed by atoms with Crippen LogP contribution in [-0.4, -0.2) is 25.4 Å². The van der Waals surface area contributed by atoms with Crippen LogP contribution in [0, 0.1) is 18.4 Å². The monoisotopic (exact) mass is 315 g/mol. The number of terminal acetylenes is 1. The van der Waals surface area contributed by atoms with Crippen molar-refractivity contribution in [3.05, 3.63) is 34.9 Å². The highest BCUT2D eigenvalue weighted by Gasteiger charge is 2.40. The maximum atomic E-state index is 10.0. The lowest BCUT2D eigenvalue weighted by atomic mass is 9.62. The van der Waals surface area contributed by atoms with Gasteiger partial charge in [-0.25, -0.2) is 0 Å². The summed E-state index contributed by atoms with van der Waals surface area (Å²) in [6.45, 7) is 9.95. The van der Waals surface area contributed by atoms with Crippen molar-refractivity contribution in [1.29, 1.82) is 0 Å². The van der Waals surface area contributed by atoms with E-state index in [4.69, 9.17) is 15.9 Å². The molecule has 3 heteroatoms. The topological polar surface area (TPSA) is 38.7 Å². The van der Waals surface area contributed by atoms with Crippen molar-refractivity contribution in [3.8, 4) is 18.1 Å². The molecular formula is C20H27O3. The van der Waals surface area contributed by atoms with Gasteiger partial charge in [-0.05, 0) is 35.3 Å². The van der Waals surface area contributed by atoms with Gasteiger partial charge in [-0.1, -0.05) is 39.7 Å². The molecule has 2 rings (SSSR count). The van der Waals surface area contributed by atoms with Crippen molar-refractivity contribution in [3.63, 3.8) is 0 Å². The van der Waals surface area contributed by atoms with E-state index in [0.29, 0.717) is 18.8 Å². The summed E-state index contributed by atoms with van der Waals surface area (Å²) in [7, 11) is 1.65. The lowest BCUT2D eigenvalue weighted by Crippen LogP contribution is -2.34. The summed E-state index contributed by atoms with van der Waals surface area (Å²) < 4.78 is 11.1. The number of hydrogen-bond donors (Lipinski definition) is 1. The second-order valence-corrected chi connectivity index (χ2v) is 7.50. The smallest absolute Gasteiger partial charge is 0.195 e. The molecule has 0 aliphatic heterocycles. The van der Waals surface area contributed by atoms with Crippen LogP contribution >= 0.6 is 0 Å². The van der Waals surface area contributed by atoms with E-state index >= 15 is 0 Å². The third-order valence-electron chi connectivity index (χ3n) is 4.84. The quantitative estimate of drug-likeness (QED) is 0.660. The summed E-state index contributed by atoms with van der Waals surface area (Å²) in [6.07, 6.45) is 7.51. The fraction of sp³-hybridized carbons (Fsp3) is 0.550. The van der Waals surface area contributed by atoms with Crippen LogP contribution in [-0.2, 0) is 15.6 Å². The van der Waals surface area contributed by atoms with Crippen LogP contribution in [0.25, 0.3) is 0 Å². The molecule has 1 aromatic rings. The molecule has 0 spiro atoms. The predicted molar refractivity (Wildman–Crippen MR) is 92.2 cm³/mol. The SMILES string of the molecule is C#C[C](O)c1cc(OCCOC)c2c(c1)C(C)(C)CCC2(C)C. The van der Waals surface area contributed by atoms with E-state index in [0.717, 1.165) is 18.6 Å². The Bertz CT molecular complexity index is 608. The Hall–Kier alpha value is -1.50. The van der Waals surface area contributed by atoms with E-state index < -0.39 is 0 Å². The third kappa shape index (κ3) is 3.54. The number of aliphatic hydroxyl groups is 1. The maximum Gasteiger partial charge on any atom is 0.195 e. The van der Waals surface area contributed by atoms with Crippen LogP contribution in [0.5, 0.6) is 5.75 Å². The molecule has 23 heavy (non-hydrogen) atoms. The van der Waals surface area contributed by atoms with Gasteiger partial charge in [0.15, 0.2) is 6.10 Å². The Morgan fingerprint density at radius 2 is 1.83 bits per heavy atom. The van der Waals surface area contributed by atoms with E-state index in [1.807, 2.05) is 12.1 Å². The molecule has 0 saturated carbocycles. The molecule has 1 N–H and O–H groups in total. The lowest BCUT2D eigenvalue weighted by molar-refractivity contribution is 0.144. The largest absolute Gasteiger partial charge is 0.491 e. The van der Waals surface area contributed by atoms with E-state index in [1.54, 1.807) is 7.11 Å². The van der Waals surface area contributed by atoms with Gasteiger partial charge in [-0.3, -0.25) is 0 Å². The van der Waals surface area contributed by atoms with Gasteiger partial charge >= 0.3 is 0 Å². The minimum atomic E-state index is -0.0522. The maximum absolute atomic E-state index is 10.0. The van der Waals surface area contributed by atoms with Gasteiger partial charge in [0.2, 0.25) is 0 Å². The van der Waals surface area contributed by atoms with Gasteiger partial charge in [0.05, 0.1) is 6.61 Å². The van der Waals surface area contributed by atoms with Gasteiger partial charge in [-0.2, -0.15) is 0 Å².